The molecule has 2 fully saturated rings. The normalized spacial score (nSPS) is 51.9. The first-order chi connectivity index (χ1) is 9.86. The van der Waals surface area contributed by atoms with E-state index in [-0.39, 0.29) is 6.61 Å². The lowest BCUT2D eigenvalue weighted by molar-refractivity contribution is -0.345. The van der Waals surface area contributed by atoms with Gasteiger partial charge in [0.25, 0.3) is 0 Å². The maximum absolute atomic E-state index is 9.79. The molecule has 0 unspecified atom stereocenters. The van der Waals surface area contributed by atoms with Gasteiger partial charge < -0.3 is 50.0 Å². The Hall–Kier alpha value is -0.400. The van der Waals surface area contributed by atoms with Crippen LogP contribution < -0.4 is 0 Å². The molecule has 0 bridgehead atoms. The van der Waals surface area contributed by atoms with E-state index in [1.54, 1.807) is 0 Å². The fraction of sp³-hybridized carbons (Fsp3) is 1.00. The quantitative estimate of drug-likeness (QED) is 0.268. The van der Waals surface area contributed by atoms with Crippen LogP contribution in [0.25, 0.3) is 0 Å². The van der Waals surface area contributed by atoms with Crippen molar-refractivity contribution >= 4 is 0 Å². The van der Waals surface area contributed by atoms with Gasteiger partial charge in [0.15, 0.2) is 12.6 Å². The summed E-state index contributed by atoms with van der Waals surface area (Å²) in [5, 5.41) is 66.8. The molecule has 7 N–H and O–H groups in total. The molecular formula is C11H20O10. The molecule has 9 atom stereocenters. The molecule has 2 heterocycles. The van der Waals surface area contributed by atoms with Gasteiger partial charge in [0.1, 0.15) is 42.7 Å². The van der Waals surface area contributed by atoms with E-state index in [0.29, 0.717) is 0 Å². The largest absolute Gasteiger partial charge is 0.394 e. The standard InChI is InChI=1S/C11H20O10/c12-1-4-5(14)6(15)7(16)11(20-4)21-9-3(13)2-19-10(18)8(9)17/h3-18H,1-2H2/t3-,4-,5-,6+,7-,8+,9-,10-,11+/m1/s1. The molecular weight excluding hydrogens is 292 g/mol. The van der Waals surface area contributed by atoms with E-state index in [2.05, 4.69) is 4.74 Å². The molecule has 0 radical (unpaired) electrons. The molecule has 2 aliphatic rings. The molecule has 0 saturated carbocycles. The third-order valence-electron chi connectivity index (χ3n) is 3.59. The van der Waals surface area contributed by atoms with E-state index in [9.17, 15) is 30.6 Å². The number of hydrogen-bond acceptors (Lipinski definition) is 10. The van der Waals surface area contributed by atoms with Crippen LogP contribution in [0.5, 0.6) is 0 Å². The fourth-order valence-electron chi connectivity index (χ4n) is 2.29. The molecule has 2 aliphatic heterocycles. The summed E-state index contributed by atoms with van der Waals surface area (Å²) < 4.78 is 15.0. The van der Waals surface area contributed by atoms with E-state index in [1.165, 1.54) is 0 Å². The van der Waals surface area contributed by atoms with Crippen LogP contribution in [0.3, 0.4) is 0 Å². The monoisotopic (exact) mass is 312 g/mol. The summed E-state index contributed by atoms with van der Waals surface area (Å²) >= 11 is 0. The third kappa shape index (κ3) is 3.35. The third-order valence-corrected chi connectivity index (χ3v) is 3.59. The van der Waals surface area contributed by atoms with Crippen LogP contribution >= 0.6 is 0 Å². The summed E-state index contributed by atoms with van der Waals surface area (Å²) in [6.45, 7) is -0.938. The van der Waals surface area contributed by atoms with Crippen molar-refractivity contribution in [1.82, 2.24) is 0 Å². The van der Waals surface area contributed by atoms with E-state index in [4.69, 9.17) is 14.6 Å². The Kier molecular flexibility index (Phi) is 5.48. The summed E-state index contributed by atoms with van der Waals surface area (Å²) in [6.07, 6.45) is -13.3. The second kappa shape index (κ2) is 6.79. The number of rotatable bonds is 3. The SMILES string of the molecule is OC[C@H]1O[C@@H](O[C@H]2[C@H](O)[C@H](O)OC[C@H]2O)[C@H](O)[C@@H](O)[C@@H]1O. The van der Waals surface area contributed by atoms with Crippen LogP contribution in [0.1, 0.15) is 0 Å². The van der Waals surface area contributed by atoms with Gasteiger partial charge in [0.05, 0.1) is 13.2 Å². The molecule has 21 heavy (non-hydrogen) atoms. The number of aliphatic hydroxyl groups is 7. The minimum absolute atomic E-state index is 0.305. The average Bonchev–Trinajstić information content (AvgIpc) is 2.47. The van der Waals surface area contributed by atoms with Crippen LogP contribution in [-0.2, 0) is 14.2 Å². The Morgan fingerprint density at radius 2 is 1.57 bits per heavy atom. The zero-order valence-corrected chi connectivity index (χ0v) is 11.0. The lowest BCUT2D eigenvalue weighted by Gasteiger charge is -2.43. The van der Waals surface area contributed by atoms with Crippen molar-refractivity contribution in [3.05, 3.63) is 0 Å². The maximum atomic E-state index is 9.79. The summed E-state index contributed by atoms with van der Waals surface area (Å²) in [6, 6.07) is 0. The van der Waals surface area contributed by atoms with Crippen molar-refractivity contribution in [2.75, 3.05) is 13.2 Å². The van der Waals surface area contributed by atoms with Gasteiger partial charge in [-0.25, -0.2) is 0 Å². The molecule has 10 heteroatoms. The van der Waals surface area contributed by atoms with Gasteiger partial charge >= 0.3 is 0 Å². The van der Waals surface area contributed by atoms with Crippen molar-refractivity contribution in [3.63, 3.8) is 0 Å². The number of ether oxygens (including phenoxy) is 3. The summed E-state index contributed by atoms with van der Waals surface area (Å²) in [5.74, 6) is 0. The van der Waals surface area contributed by atoms with Gasteiger partial charge in [-0.2, -0.15) is 0 Å². The van der Waals surface area contributed by atoms with Gasteiger partial charge in [-0.05, 0) is 0 Å². The van der Waals surface area contributed by atoms with Crippen molar-refractivity contribution in [2.45, 2.75) is 55.3 Å². The highest BCUT2D eigenvalue weighted by Crippen LogP contribution is 2.26. The zero-order valence-electron chi connectivity index (χ0n) is 11.0. The van der Waals surface area contributed by atoms with E-state index >= 15 is 0 Å². The van der Waals surface area contributed by atoms with Crippen molar-refractivity contribution in [1.29, 1.82) is 0 Å². The summed E-state index contributed by atoms with van der Waals surface area (Å²) in [4.78, 5) is 0. The first-order valence-electron chi connectivity index (χ1n) is 6.48. The Morgan fingerprint density at radius 1 is 0.905 bits per heavy atom. The topological polar surface area (TPSA) is 169 Å². The van der Waals surface area contributed by atoms with Crippen LogP contribution in [-0.4, -0.2) is 104 Å². The Balaban J connectivity index is 2.06. The minimum Gasteiger partial charge on any atom is -0.394 e. The van der Waals surface area contributed by atoms with E-state index in [1.807, 2.05) is 0 Å². The Labute approximate surface area is 119 Å². The van der Waals surface area contributed by atoms with Crippen LogP contribution in [0.4, 0.5) is 0 Å². The number of hydrogen-bond donors (Lipinski definition) is 7. The lowest BCUT2D eigenvalue weighted by atomic mass is 9.98. The van der Waals surface area contributed by atoms with Gasteiger partial charge in [-0.1, -0.05) is 0 Å². The highest BCUT2D eigenvalue weighted by molar-refractivity contribution is 4.91. The molecule has 0 aromatic rings. The molecule has 0 aliphatic carbocycles. The van der Waals surface area contributed by atoms with Gasteiger partial charge in [-0.15, -0.1) is 0 Å². The fourth-order valence-corrected chi connectivity index (χ4v) is 2.29. The number of aliphatic hydroxyl groups excluding tert-OH is 7. The predicted molar refractivity (Wildman–Crippen MR) is 62.6 cm³/mol. The second-order valence-electron chi connectivity index (χ2n) is 5.08. The summed E-state index contributed by atoms with van der Waals surface area (Å²) in [5.41, 5.74) is 0. The Bertz CT molecular complexity index is 339. The highest BCUT2D eigenvalue weighted by atomic mass is 16.7. The first-order valence-corrected chi connectivity index (χ1v) is 6.48. The lowest BCUT2D eigenvalue weighted by Crippen LogP contribution is -2.62. The van der Waals surface area contributed by atoms with E-state index in [0.717, 1.165) is 0 Å². The summed E-state index contributed by atoms with van der Waals surface area (Å²) in [7, 11) is 0. The van der Waals surface area contributed by atoms with Crippen molar-refractivity contribution in [3.8, 4) is 0 Å². The van der Waals surface area contributed by atoms with Gasteiger partial charge in [0, 0.05) is 0 Å². The molecule has 0 aromatic carbocycles. The molecule has 2 rings (SSSR count). The minimum atomic E-state index is -1.66. The molecule has 10 nitrogen and oxygen atoms in total. The van der Waals surface area contributed by atoms with Gasteiger partial charge in [0.2, 0.25) is 0 Å². The predicted octanol–water partition coefficient (Wildman–Crippen LogP) is -4.76. The molecule has 0 spiro atoms. The Morgan fingerprint density at radius 3 is 2.19 bits per heavy atom. The van der Waals surface area contributed by atoms with Gasteiger partial charge in [-0.3, -0.25) is 0 Å². The van der Waals surface area contributed by atoms with Crippen LogP contribution in [0.2, 0.25) is 0 Å². The van der Waals surface area contributed by atoms with Crippen LogP contribution in [0, 0.1) is 0 Å². The molecule has 0 aromatic heterocycles. The maximum Gasteiger partial charge on any atom is 0.187 e. The molecule has 0 amide bonds. The van der Waals surface area contributed by atoms with Crippen molar-refractivity contribution < 1.29 is 50.0 Å². The smallest absolute Gasteiger partial charge is 0.187 e. The van der Waals surface area contributed by atoms with Crippen LogP contribution in [0.15, 0.2) is 0 Å². The molecule has 2 saturated heterocycles. The highest BCUT2D eigenvalue weighted by Gasteiger charge is 2.48. The average molecular weight is 312 g/mol. The molecule has 124 valence electrons. The first kappa shape index (κ1) is 17.0. The van der Waals surface area contributed by atoms with Crippen molar-refractivity contribution in [2.24, 2.45) is 0 Å². The second-order valence-corrected chi connectivity index (χ2v) is 5.08. The zero-order chi connectivity index (χ0) is 15.7. The van der Waals surface area contributed by atoms with E-state index < -0.39 is 61.9 Å².